The molecule has 2 unspecified atom stereocenters. The molecule has 1 saturated heterocycles. The molecule has 2 aromatic rings. The molecule has 13 nitrogen and oxygen atoms in total. The lowest BCUT2D eigenvalue weighted by atomic mass is 9.84. The first-order valence-electron chi connectivity index (χ1n) is 11.4. The van der Waals surface area contributed by atoms with Gasteiger partial charge in [-0.2, -0.15) is 9.79 Å². The summed E-state index contributed by atoms with van der Waals surface area (Å²) in [6.45, 7) is 2.96. The second-order valence-corrected chi connectivity index (χ2v) is 8.76. The number of amides is 1. The summed E-state index contributed by atoms with van der Waals surface area (Å²) in [5.41, 5.74) is 5.85. The predicted molar refractivity (Wildman–Crippen MR) is 129 cm³/mol. The maximum atomic E-state index is 12.4. The summed E-state index contributed by atoms with van der Waals surface area (Å²) >= 11 is 0. The summed E-state index contributed by atoms with van der Waals surface area (Å²) in [6, 6.07) is 7.00. The number of likely N-dealkylation sites (tertiary alicyclic amines) is 1. The Morgan fingerprint density at radius 1 is 1.23 bits per heavy atom. The molecule has 1 fully saturated rings. The molecule has 0 saturated carbocycles. The first-order valence-corrected chi connectivity index (χ1v) is 11.4. The van der Waals surface area contributed by atoms with Crippen molar-refractivity contribution in [3.8, 4) is 11.4 Å². The number of hydrogen-bond acceptors (Lipinski definition) is 10. The largest absolute Gasteiger partial charge is 0.480 e. The van der Waals surface area contributed by atoms with Gasteiger partial charge in [0.1, 0.15) is 17.3 Å². The van der Waals surface area contributed by atoms with E-state index in [4.69, 9.17) is 16.2 Å². The van der Waals surface area contributed by atoms with Crippen LogP contribution in [0.1, 0.15) is 32.6 Å². The van der Waals surface area contributed by atoms with E-state index in [1.165, 1.54) is 0 Å². The van der Waals surface area contributed by atoms with Crippen LogP contribution in [0.3, 0.4) is 0 Å². The molecule has 1 amide bonds. The summed E-state index contributed by atoms with van der Waals surface area (Å²) in [6.07, 6.45) is 5.51. The van der Waals surface area contributed by atoms with Gasteiger partial charge in [0.15, 0.2) is 6.54 Å². The van der Waals surface area contributed by atoms with Crippen LogP contribution in [-0.4, -0.2) is 78.7 Å². The number of amidine groups is 1. The predicted octanol–water partition coefficient (Wildman–Crippen LogP) is 0.990. The molecule has 0 bridgehead atoms. The SMILES string of the molecule is CC1(C=N)N=C(N2CCCCCC2)N=C(Nc2ccc(-c3nnn(CC(=O)O)n3)cc2)C1C(N)=O. The third kappa shape index (κ3) is 5.34. The Bertz CT molecular complexity index is 1160. The van der Waals surface area contributed by atoms with Crippen molar-refractivity contribution in [1.29, 1.82) is 5.41 Å². The monoisotopic (exact) mass is 480 g/mol. The molecule has 4 rings (SSSR count). The fraction of sp³-hybridized carbons (Fsp3) is 0.455. The summed E-state index contributed by atoms with van der Waals surface area (Å²) < 4.78 is 0. The Morgan fingerprint density at radius 3 is 2.51 bits per heavy atom. The Labute approximate surface area is 201 Å². The summed E-state index contributed by atoms with van der Waals surface area (Å²) in [4.78, 5) is 35.7. The van der Waals surface area contributed by atoms with Gasteiger partial charge in [-0.3, -0.25) is 9.59 Å². The minimum atomic E-state index is -1.16. The average molecular weight is 481 g/mol. The van der Waals surface area contributed by atoms with Crippen LogP contribution in [0.15, 0.2) is 34.3 Å². The van der Waals surface area contributed by atoms with Crippen LogP contribution < -0.4 is 11.1 Å². The number of nitrogens with one attached hydrogen (secondary N) is 2. The number of carboxylic acid groups (broad SMARTS) is 1. The number of aromatic nitrogens is 4. The fourth-order valence-corrected chi connectivity index (χ4v) is 4.20. The summed E-state index contributed by atoms with van der Waals surface area (Å²) in [5.74, 6) is -1.52. The quantitative estimate of drug-likeness (QED) is 0.440. The molecule has 2 atom stereocenters. The number of carbonyl (C=O) groups excluding carboxylic acids is 1. The van der Waals surface area contributed by atoms with E-state index in [0.717, 1.165) is 49.8 Å². The number of tetrazole rings is 1. The topological polar surface area (TPSA) is 188 Å². The maximum Gasteiger partial charge on any atom is 0.327 e. The van der Waals surface area contributed by atoms with Crippen LogP contribution in [0, 0.1) is 11.3 Å². The van der Waals surface area contributed by atoms with Gasteiger partial charge in [0, 0.05) is 30.6 Å². The number of nitrogens with two attached hydrogens (primary N) is 1. The van der Waals surface area contributed by atoms with Crippen LogP contribution >= 0.6 is 0 Å². The second kappa shape index (κ2) is 9.99. The molecule has 0 radical (unpaired) electrons. The number of anilines is 1. The third-order valence-electron chi connectivity index (χ3n) is 6.03. The number of benzene rings is 1. The Balaban J connectivity index is 1.60. The Kier molecular flexibility index (Phi) is 6.85. The van der Waals surface area contributed by atoms with E-state index in [-0.39, 0.29) is 12.4 Å². The van der Waals surface area contributed by atoms with Crippen LogP contribution in [0.4, 0.5) is 5.69 Å². The van der Waals surface area contributed by atoms with Crippen LogP contribution in [-0.2, 0) is 16.1 Å². The second-order valence-electron chi connectivity index (χ2n) is 8.76. The smallest absolute Gasteiger partial charge is 0.327 e. The molecular weight excluding hydrogens is 452 g/mol. The van der Waals surface area contributed by atoms with Gasteiger partial charge >= 0.3 is 5.97 Å². The van der Waals surface area contributed by atoms with Crippen molar-refractivity contribution in [1.82, 2.24) is 25.1 Å². The number of carboxylic acids is 1. The molecule has 0 aliphatic carbocycles. The van der Waals surface area contributed by atoms with E-state index in [9.17, 15) is 9.59 Å². The molecule has 5 N–H and O–H groups in total. The van der Waals surface area contributed by atoms with Gasteiger partial charge in [0.2, 0.25) is 17.7 Å². The molecule has 184 valence electrons. The number of carbonyl (C=O) groups is 2. The molecule has 0 spiro atoms. The first kappa shape index (κ1) is 24.0. The van der Waals surface area contributed by atoms with Gasteiger partial charge in [0.05, 0.1) is 0 Å². The number of rotatable bonds is 6. The zero-order valence-electron chi connectivity index (χ0n) is 19.4. The standard InChI is InChI=1S/C22H28N10O3/c1-22(13-23)17(18(24)35)20(26-21(27-22)31-10-4-2-3-5-11-31)25-15-8-6-14(7-9-15)19-28-30-32(29-19)12-16(33)34/h6-9,13,17,23H,2-5,10-12H2,1H3,(H2,24,35)(H,33,34)(H,25,26,27). The average Bonchev–Trinajstić information content (AvgIpc) is 3.10. The normalized spacial score (nSPS) is 22.5. The Hall–Kier alpha value is -4.16. The van der Waals surface area contributed by atoms with Gasteiger partial charge in [0.25, 0.3) is 0 Å². The third-order valence-corrected chi connectivity index (χ3v) is 6.03. The molecule has 2 aliphatic rings. The number of aliphatic imine (C=N–C) groups is 2. The van der Waals surface area contributed by atoms with E-state index in [2.05, 4.69) is 35.6 Å². The molecule has 2 aliphatic heterocycles. The molecular formula is C22H28N10O3. The zero-order chi connectivity index (χ0) is 25.0. The maximum absolute atomic E-state index is 12.4. The fourth-order valence-electron chi connectivity index (χ4n) is 4.20. The van der Waals surface area contributed by atoms with Crippen LogP contribution in [0.25, 0.3) is 11.4 Å². The van der Waals surface area contributed by atoms with E-state index in [1.807, 2.05) is 0 Å². The minimum Gasteiger partial charge on any atom is -0.480 e. The highest BCUT2D eigenvalue weighted by Crippen LogP contribution is 2.29. The van der Waals surface area contributed by atoms with Gasteiger partial charge in [-0.05, 0) is 49.2 Å². The van der Waals surface area contributed by atoms with Crippen LogP contribution in [0.2, 0.25) is 0 Å². The highest BCUT2D eigenvalue weighted by Gasteiger charge is 2.44. The van der Waals surface area contributed by atoms with Gasteiger partial charge < -0.3 is 26.5 Å². The van der Waals surface area contributed by atoms with Crippen molar-refractivity contribution in [2.75, 3.05) is 18.4 Å². The van der Waals surface area contributed by atoms with Crippen molar-refractivity contribution in [3.05, 3.63) is 24.3 Å². The van der Waals surface area contributed by atoms with Crippen molar-refractivity contribution in [2.24, 2.45) is 21.6 Å². The molecule has 1 aromatic carbocycles. The highest BCUT2D eigenvalue weighted by atomic mass is 16.4. The van der Waals surface area contributed by atoms with Crippen molar-refractivity contribution < 1.29 is 14.7 Å². The number of hydrogen-bond donors (Lipinski definition) is 4. The lowest BCUT2D eigenvalue weighted by Gasteiger charge is -2.36. The van der Waals surface area contributed by atoms with Crippen LogP contribution in [0.5, 0.6) is 0 Å². The minimum absolute atomic E-state index is 0.287. The first-order chi connectivity index (χ1) is 16.8. The van der Waals surface area contributed by atoms with Crippen molar-refractivity contribution in [3.63, 3.8) is 0 Å². The van der Waals surface area contributed by atoms with Crippen molar-refractivity contribution in [2.45, 2.75) is 44.7 Å². The number of guanidine groups is 1. The molecule has 3 heterocycles. The van der Waals surface area contributed by atoms with E-state index in [1.54, 1.807) is 31.2 Å². The van der Waals surface area contributed by atoms with Gasteiger partial charge in [-0.1, -0.05) is 12.8 Å². The number of nitrogens with zero attached hydrogens (tertiary/aromatic N) is 7. The summed E-state index contributed by atoms with van der Waals surface area (Å²) in [5, 5.41) is 31.7. The lowest BCUT2D eigenvalue weighted by molar-refractivity contribution is -0.138. The lowest BCUT2D eigenvalue weighted by Crippen LogP contribution is -2.54. The van der Waals surface area contributed by atoms with E-state index >= 15 is 0 Å². The highest BCUT2D eigenvalue weighted by molar-refractivity contribution is 6.17. The number of primary amides is 1. The Morgan fingerprint density at radius 2 is 1.91 bits per heavy atom. The molecule has 13 heteroatoms. The zero-order valence-corrected chi connectivity index (χ0v) is 19.4. The van der Waals surface area contributed by atoms with E-state index in [0.29, 0.717) is 23.0 Å². The number of aliphatic carboxylic acids is 1. The van der Waals surface area contributed by atoms with Gasteiger partial charge in [-0.25, -0.2) is 4.99 Å². The van der Waals surface area contributed by atoms with Crippen molar-refractivity contribution >= 4 is 35.6 Å². The van der Waals surface area contributed by atoms with Gasteiger partial charge in [-0.15, -0.1) is 10.2 Å². The summed E-state index contributed by atoms with van der Waals surface area (Å²) in [7, 11) is 0. The molecule has 1 aromatic heterocycles. The molecule has 35 heavy (non-hydrogen) atoms. The van der Waals surface area contributed by atoms with E-state index < -0.39 is 23.3 Å².